The Labute approximate surface area is 65.2 Å². The lowest BCUT2D eigenvalue weighted by molar-refractivity contribution is -0.249. The molecule has 0 amide bonds. The summed E-state index contributed by atoms with van der Waals surface area (Å²) in [5, 5.41) is 8.78. The number of hydrogen-bond donors (Lipinski definition) is 1. The molecule has 11 heavy (non-hydrogen) atoms. The first-order valence-corrected chi connectivity index (χ1v) is 3.60. The van der Waals surface area contributed by atoms with Crippen LogP contribution in [0.25, 0.3) is 0 Å². The van der Waals surface area contributed by atoms with Crippen LogP contribution in [0.1, 0.15) is 20.8 Å². The summed E-state index contributed by atoms with van der Waals surface area (Å²) < 4.78 is 29.9. The Morgan fingerprint density at radius 3 is 2.18 bits per heavy atom. The Balaban J connectivity index is 4.05. The van der Waals surface area contributed by atoms with Gasteiger partial charge in [-0.3, -0.25) is 0 Å². The molecule has 0 radical (unpaired) electrons. The second-order valence-corrected chi connectivity index (χ2v) is 2.64. The number of ether oxygens (including phenoxy) is 1. The molecule has 0 aromatic rings. The summed E-state index contributed by atoms with van der Waals surface area (Å²) in [6.07, 6.45) is -1.98. The highest BCUT2D eigenvalue weighted by Crippen LogP contribution is 2.28. The fourth-order valence-corrected chi connectivity index (χ4v) is 0.554. The van der Waals surface area contributed by atoms with E-state index >= 15 is 0 Å². The Morgan fingerprint density at radius 1 is 1.45 bits per heavy atom. The fourth-order valence-electron chi connectivity index (χ4n) is 0.554. The monoisotopic (exact) mass is 168 g/mol. The molecule has 0 spiro atoms. The van der Waals surface area contributed by atoms with Gasteiger partial charge in [-0.1, -0.05) is 13.8 Å². The zero-order valence-corrected chi connectivity index (χ0v) is 6.97. The van der Waals surface area contributed by atoms with Gasteiger partial charge in [0.25, 0.3) is 5.92 Å². The van der Waals surface area contributed by atoms with E-state index in [9.17, 15) is 8.78 Å². The Hall–Kier alpha value is -0.220. The Kier molecular flexibility index (Phi) is 3.89. The molecule has 0 bridgehead atoms. The average molecular weight is 168 g/mol. The second kappa shape index (κ2) is 3.97. The van der Waals surface area contributed by atoms with Gasteiger partial charge in [-0.25, -0.2) is 8.78 Å². The molecule has 1 atom stereocenters. The number of hydrogen-bond acceptors (Lipinski definition) is 2. The number of aliphatic hydroxyl groups excluding tert-OH is 1. The van der Waals surface area contributed by atoms with E-state index in [1.165, 1.54) is 13.8 Å². The maximum atomic E-state index is 12.8. The normalized spacial score (nSPS) is 15.5. The Bertz CT molecular complexity index is 115. The first kappa shape index (κ1) is 10.8. The summed E-state index contributed by atoms with van der Waals surface area (Å²) in [4.78, 5) is 0. The fraction of sp³-hybridized carbons (Fsp3) is 1.00. The molecule has 1 N–H and O–H groups in total. The van der Waals surface area contributed by atoms with E-state index in [0.29, 0.717) is 0 Å². The van der Waals surface area contributed by atoms with Crippen molar-refractivity contribution in [3.63, 3.8) is 0 Å². The third-order valence-corrected chi connectivity index (χ3v) is 1.42. The van der Waals surface area contributed by atoms with Crippen molar-refractivity contribution >= 4 is 0 Å². The second-order valence-electron chi connectivity index (χ2n) is 2.64. The number of rotatable bonds is 4. The highest BCUT2D eigenvalue weighted by molar-refractivity contribution is 4.73. The van der Waals surface area contributed by atoms with Gasteiger partial charge in [0.05, 0.1) is 0 Å². The first-order valence-electron chi connectivity index (χ1n) is 3.60. The van der Waals surface area contributed by atoms with E-state index in [2.05, 4.69) is 4.74 Å². The molecule has 0 aliphatic rings. The van der Waals surface area contributed by atoms with Crippen molar-refractivity contribution in [1.82, 2.24) is 0 Å². The third kappa shape index (κ3) is 2.71. The highest BCUT2D eigenvalue weighted by Gasteiger charge is 2.42. The van der Waals surface area contributed by atoms with E-state index in [1.807, 2.05) is 0 Å². The summed E-state index contributed by atoms with van der Waals surface area (Å²) in [7, 11) is 0. The van der Waals surface area contributed by atoms with Crippen molar-refractivity contribution in [2.24, 2.45) is 5.92 Å². The maximum absolute atomic E-state index is 12.8. The summed E-state index contributed by atoms with van der Waals surface area (Å²) >= 11 is 0. The van der Waals surface area contributed by atoms with Crippen molar-refractivity contribution in [2.75, 3.05) is 6.61 Å². The molecule has 1 unspecified atom stereocenters. The van der Waals surface area contributed by atoms with Crippen LogP contribution in [-0.2, 0) is 4.74 Å². The van der Waals surface area contributed by atoms with E-state index in [4.69, 9.17) is 5.11 Å². The summed E-state index contributed by atoms with van der Waals surface area (Å²) in [6.45, 7) is 4.31. The van der Waals surface area contributed by atoms with Crippen molar-refractivity contribution in [3.05, 3.63) is 0 Å². The van der Waals surface area contributed by atoms with Crippen molar-refractivity contribution in [3.8, 4) is 0 Å². The quantitative estimate of drug-likeness (QED) is 0.646. The third-order valence-electron chi connectivity index (χ3n) is 1.42. The number of aliphatic hydroxyl groups is 1. The molecule has 0 saturated carbocycles. The van der Waals surface area contributed by atoms with Crippen LogP contribution in [0.5, 0.6) is 0 Å². The van der Waals surface area contributed by atoms with Gasteiger partial charge in [0.15, 0.2) is 0 Å². The van der Waals surface area contributed by atoms with E-state index in [1.54, 1.807) is 6.92 Å². The molecule has 0 aliphatic carbocycles. The standard InChI is InChI=1S/C7H14F2O2/c1-4-11-6(10)7(8,9)5(2)3/h5-6,10H,4H2,1-3H3. The first-order chi connectivity index (χ1) is 4.92. The molecule has 0 rings (SSSR count). The Morgan fingerprint density at radius 2 is 1.91 bits per heavy atom. The van der Waals surface area contributed by atoms with Crippen molar-refractivity contribution in [1.29, 1.82) is 0 Å². The molecule has 68 valence electrons. The van der Waals surface area contributed by atoms with Crippen LogP contribution in [0.4, 0.5) is 8.78 Å². The lowest BCUT2D eigenvalue weighted by Gasteiger charge is -2.25. The van der Waals surface area contributed by atoms with Crippen LogP contribution in [0.15, 0.2) is 0 Å². The summed E-state index contributed by atoms with van der Waals surface area (Å²) in [5.41, 5.74) is 0. The largest absolute Gasteiger partial charge is 0.363 e. The minimum Gasteiger partial charge on any atom is -0.363 e. The van der Waals surface area contributed by atoms with Gasteiger partial charge in [0.2, 0.25) is 6.29 Å². The zero-order chi connectivity index (χ0) is 9.07. The predicted molar refractivity (Wildman–Crippen MR) is 37.4 cm³/mol. The topological polar surface area (TPSA) is 29.5 Å². The highest BCUT2D eigenvalue weighted by atomic mass is 19.3. The van der Waals surface area contributed by atoms with Crippen LogP contribution >= 0.6 is 0 Å². The van der Waals surface area contributed by atoms with Gasteiger partial charge in [0, 0.05) is 12.5 Å². The van der Waals surface area contributed by atoms with Gasteiger partial charge in [-0.05, 0) is 6.92 Å². The smallest absolute Gasteiger partial charge is 0.299 e. The molecule has 0 aromatic carbocycles. The number of alkyl halides is 2. The van der Waals surface area contributed by atoms with E-state index in [0.717, 1.165) is 0 Å². The summed E-state index contributed by atoms with van der Waals surface area (Å²) in [6, 6.07) is 0. The minimum absolute atomic E-state index is 0.0868. The maximum Gasteiger partial charge on any atom is 0.299 e. The molecule has 0 fully saturated rings. The van der Waals surface area contributed by atoms with Crippen molar-refractivity contribution in [2.45, 2.75) is 33.0 Å². The average Bonchev–Trinajstić information content (AvgIpc) is 1.88. The van der Waals surface area contributed by atoms with Crippen molar-refractivity contribution < 1.29 is 18.6 Å². The van der Waals surface area contributed by atoms with Crippen LogP contribution in [-0.4, -0.2) is 23.9 Å². The number of halogens is 2. The van der Waals surface area contributed by atoms with Crippen LogP contribution in [0.3, 0.4) is 0 Å². The molecule has 0 heterocycles. The SMILES string of the molecule is CCOC(O)C(F)(F)C(C)C. The van der Waals surface area contributed by atoms with Gasteiger partial charge in [-0.15, -0.1) is 0 Å². The molecule has 4 heteroatoms. The molecular weight excluding hydrogens is 154 g/mol. The molecule has 2 nitrogen and oxygen atoms in total. The lowest BCUT2D eigenvalue weighted by Crippen LogP contribution is -2.40. The van der Waals surface area contributed by atoms with E-state index < -0.39 is 18.1 Å². The lowest BCUT2D eigenvalue weighted by atomic mass is 10.1. The summed E-state index contributed by atoms with van der Waals surface area (Å²) in [5.74, 6) is -4.07. The minimum atomic E-state index is -3.16. The van der Waals surface area contributed by atoms with E-state index in [-0.39, 0.29) is 6.61 Å². The van der Waals surface area contributed by atoms with Gasteiger partial charge < -0.3 is 9.84 Å². The molecule has 0 saturated heterocycles. The van der Waals surface area contributed by atoms with Gasteiger partial charge in [0.1, 0.15) is 0 Å². The molecule has 0 aliphatic heterocycles. The van der Waals surface area contributed by atoms with Gasteiger partial charge in [-0.2, -0.15) is 0 Å². The van der Waals surface area contributed by atoms with Gasteiger partial charge >= 0.3 is 0 Å². The van der Waals surface area contributed by atoms with Crippen LogP contribution in [0, 0.1) is 5.92 Å². The van der Waals surface area contributed by atoms with Crippen LogP contribution in [0.2, 0.25) is 0 Å². The molecule has 0 aromatic heterocycles. The molecular formula is C7H14F2O2. The van der Waals surface area contributed by atoms with Crippen LogP contribution < -0.4 is 0 Å². The predicted octanol–water partition coefficient (Wildman–Crippen LogP) is 1.63. The zero-order valence-electron chi connectivity index (χ0n) is 6.97.